The summed E-state index contributed by atoms with van der Waals surface area (Å²) < 4.78 is 0.643. The van der Waals surface area contributed by atoms with E-state index in [0.29, 0.717) is 20.8 Å². The van der Waals surface area contributed by atoms with Crippen molar-refractivity contribution in [1.29, 1.82) is 5.26 Å². The minimum atomic E-state index is -0.309. The van der Waals surface area contributed by atoms with Crippen LogP contribution < -0.4 is 5.32 Å². The first kappa shape index (κ1) is 14.9. The van der Waals surface area contributed by atoms with E-state index < -0.39 is 0 Å². The van der Waals surface area contributed by atoms with Gasteiger partial charge in [-0.25, -0.2) is 0 Å². The van der Waals surface area contributed by atoms with Crippen molar-refractivity contribution in [2.24, 2.45) is 0 Å². The van der Waals surface area contributed by atoms with Crippen LogP contribution in [0.5, 0.6) is 0 Å². The monoisotopic (exact) mass is 372 g/mol. The lowest BCUT2D eigenvalue weighted by Gasteiger charge is -2.05. The number of hydrogen-bond acceptors (Lipinski definition) is 3. The van der Waals surface area contributed by atoms with Gasteiger partial charge < -0.3 is 5.32 Å². The number of amides is 1. The zero-order valence-electron chi connectivity index (χ0n) is 10.1. The van der Waals surface area contributed by atoms with E-state index in [1.165, 1.54) is 6.92 Å². The first-order chi connectivity index (χ1) is 9.45. The molecule has 1 amide bonds. The van der Waals surface area contributed by atoms with Crippen LogP contribution >= 0.6 is 39.1 Å². The molecule has 0 aliphatic heterocycles. The molecule has 2 N–H and O–H groups in total. The van der Waals surface area contributed by atoms with E-state index in [4.69, 9.17) is 23.2 Å². The number of carbonyl (C=O) groups is 1. The summed E-state index contributed by atoms with van der Waals surface area (Å²) in [6, 6.07) is 5.38. The second kappa shape index (κ2) is 5.83. The number of hydrogen-bond donors (Lipinski definition) is 2. The number of H-pyrrole nitrogens is 1. The van der Waals surface area contributed by atoms with Crippen molar-refractivity contribution in [2.75, 3.05) is 5.32 Å². The summed E-state index contributed by atoms with van der Waals surface area (Å²) in [5.74, 6) is -0.0817. The Morgan fingerprint density at radius 2 is 2.15 bits per heavy atom. The molecule has 8 heteroatoms. The number of aromatic nitrogens is 2. The van der Waals surface area contributed by atoms with Gasteiger partial charge >= 0.3 is 0 Å². The smallest absolute Gasteiger partial charge is 0.222 e. The molecule has 0 radical (unpaired) electrons. The van der Waals surface area contributed by atoms with Crippen LogP contribution in [-0.4, -0.2) is 16.1 Å². The van der Waals surface area contributed by atoms with E-state index >= 15 is 0 Å². The maximum absolute atomic E-state index is 11.1. The van der Waals surface area contributed by atoms with Crippen LogP contribution in [0.15, 0.2) is 16.6 Å². The number of aromatic amines is 1. The number of halogens is 3. The van der Waals surface area contributed by atoms with Crippen LogP contribution in [0.2, 0.25) is 10.0 Å². The Morgan fingerprint density at radius 1 is 1.45 bits per heavy atom. The number of rotatable bonds is 2. The summed E-state index contributed by atoms with van der Waals surface area (Å²) in [7, 11) is 0. The highest BCUT2D eigenvalue weighted by molar-refractivity contribution is 9.10. The Morgan fingerprint density at radius 3 is 2.75 bits per heavy atom. The molecular weight excluding hydrogens is 367 g/mol. The van der Waals surface area contributed by atoms with Gasteiger partial charge in [0.15, 0.2) is 0 Å². The highest BCUT2D eigenvalue weighted by atomic mass is 79.9. The molecule has 0 atom stereocenters. The molecule has 20 heavy (non-hydrogen) atoms. The molecule has 0 aliphatic carbocycles. The van der Waals surface area contributed by atoms with E-state index in [9.17, 15) is 10.1 Å². The van der Waals surface area contributed by atoms with Crippen molar-refractivity contribution in [3.8, 4) is 17.3 Å². The highest BCUT2D eigenvalue weighted by Gasteiger charge is 2.19. The Hall–Kier alpha value is -1.55. The first-order valence-corrected chi connectivity index (χ1v) is 6.90. The lowest BCUT2D eigenvalue weighted by Crippen LogP contribution is -2.07. The minimum absolute atomic E-state index is 0.195. The molecule has 0 saturated heterocycles. The van der Waals surface area contributed by atoms with Crippen LogP contribution in [-0.2, 0) is 4.79 Å². The SMILES string of the molecule is CC(=O)Nc1[nH]nc(-c2ccc(Br)c(Cl)c2Cl)c1C#N. The summed E-state index contributed by atoms with van der Waals surface area (Å²) in [4.78, 5) is 11.1. The van der Waals surface area contributed by atoms with Crippen LogP contribution in [0.25, 0.3) is 11.3 Å². The van der Waals surface area contributed by atoms with Gasteiger partial charge in [-0.15, -0.1) is 0 Å². The van der Waals surface area contributed by atoms with E-state index in [1.807, 2.05) is 6.07 Å². The third-order valence-electron chi connectivity index (χ3n) is 2.47. The van der Waals surface area contributed by atoms with Crippen molar-refractivity contribution in [3.63, 3.8) is 0 Å². The van der Waals surface area contributed by atoms with E-state index in [2.05, 4.69) is 31.4 Å². The molecule has 0 spiro atoms. The van der Waals surface area contributed by atoms with Crippen molar-refractivity contribution in [3.05, 3.63) is 32.2 Å². The fourth-order valence-corrected chi connectivity index (χ4v) is 2.48. The molecule has 1 aromatic carbocycles. The van der Waals surface area contributed by atoms with Crippen molar-refractivity contribution in [2.45, 2.75) is 6.92 Å². The average molecular weight is 374 g/mol. The molecule has 0 unspecified atom stereocenters. The molecule has 0 saturated carbocycles. The standard InChI is InChI=1S/C12H7BrCl2N4O/c1-5(20)17-12-7(4-16)11(18-19-12)6-2-3-8(13)10(15)9(6)14/h2-3H,1H3,(H2,17,18,19,20). The molecule has 0 fully saturated rings. The van der Waals surface area contributed by atoms with Crippen LogP contribution in [0.1, 0.15) is 12.5 Å². The molecule has 0 bridgehead atoms. The summed E-state index contributed by atoms with van der Waals surface area (Å²) in [5, 5.41) is 19.0. The predicted octanol–water partition coefficient (Wildman–Crippen LogP) is 3.98. The topological polar surface area (TPSA) is 81.6 Å². The Balaban J connectivity index is 2.60. The maximum Gasteiger partial charge on any atom is 0.222 e. The molecule has 5 nitrogen and oxygen atoms in total. The molecule has 2 rings (SSSR count). The zero-order chi connectivity index (χ0) is 14.9. The number of nitriles is 1. The van der Waals surface area contributed by atoms with Gasteiger partial charge in [0.2, 0.25) is 5.91 Å². The number of anilines is 1. The van der Waals surface area contributed by atoms with E-state index in [1.54, 1.807) is 12.1 Å². The van der Waals surface area contributed by atoms with Gasteiger partial charge in [0.05, 0.1) is 10.0 Å². The number of nitrogens with one attached hydrogen (secondary N) is 2. The summed E-state index contributed by atoms with van der Waals surface area (Å²) >= 11 is 15.5. The lowest BCUT2D eigenvalue weighted by molar-refractivity contribution is -0.114. The molecule has 1 heterocycles. The van der Waals surface area contributed by atoms with Crippen LogP contribution in [0.4, 0.5) is 5.82 Å². The van der Waals surface area contributed by atoms with Gasteiger partial charge in [0, 0.05) is 17.0 Å². The highest BCUT2D eigenvalue weighted by Crippen LogP contribution is 2.39. The van der Waals surface area contributed by atoms with E-state index in [0.717, 1.165) is 0 Å². The molecule has 1 aromatic heterocycles. The molecule has 102 valence electrons. The van der Waals surface area contributed by atoms with Gasteiger partial charge in [0.1, 0.15) is 23.1 Å². The Bertz CT molecular complexity index is 736. The number of nitrogens with zero attached hydrogens (tertiary/aromatic N) is 2. The lowest BCUT2D eigenvalue weighted by atomic mass is 10.1. The molecular formula is C12H7BrCl2N4O. The zero-order valence-corrected chi connectivity index (χ0v) is 13.2. The van der Waals surface area contributed by atoms with E-state index in [-0.39, 0.29) is 22.3 Å². The van der Waals surface area contributed by atoms with Gasteiger partial charge in [-0.2, -0.15) is 10.4 Å². The van der Waals surface area contributed by atoms with Gasteiger partial charge in [0.25, 0.3) is 0 Å². The predicted molar refractivity (Wildman–Crippen MR) is 80.8 cm³/mol. The average Bonchev–Trinajstić information content (AvgIpc) is 2.78. The van der Waals surface area contributed by atoms with Crippen molar-refractivity contribution < 1.29 is 4.79 Å². The Labute approximate surface area is 133 Å². The third-order valence-corrected chi connectivity index (χ3v) is 4.24. The largest absolute Gasteiger partial charge is 0.310 e. The quantitative estimate of drug-likeness (QED) is 0.781. The first-order valence-electron chi connectivity index (χ1n) is 5.35. The van der Waals surface area contributed by atoms with Gasteiger partial charge in [-0.05, 0) is 28.1 Å². The number of benzene rings is 1. The van der Waals surface area contributed by atoms with Crippen molar-refractivity contribution in [1.82, 2.24) is 10.2 Å². The fourth-order valence-electron chi connectivity index (χ4n) is 1.62. The second-order valence-corrected chi connectivity index (χ2v) is 5.45. The van der Waals surface area contributed by atoms with Gasteiger partial charge in [-0.1, -0.05) is 23.2 Å². The molecule has 2 aromatic rings. The maximum atomic E-state index is 11.1. The summed E-state index contributed by atoms with van der Waals surface area (Å²) in [6.07, 6.45) is 0. The molecule has 0 aliphatic rings. The Kier molecular flexibility index (Phi) is 4.33. The number of carbonyl (C=O) groups excluding carboxylic acids is 1. The summed E-state index contributed by atoms with van der Waals surface area (Å²) in [6.45, 7) is 1.34. The minimum Gasteiger partial charge on any atom is -0.310 e. The van der Waals surface area contributed by atoms with Gasteiger partial charge in [-0.3, -0.25) is 9.89 Å². The van der Waals surface area contributed by atoms with Crippen molar-refractivity contribution >= 4 is 50.9 Å². The third kappa shape index (κ3) is 2.66. The van der Waals surface area contributed by atoms with Crippen LogP contribution in [0, 0.1) is 11.3 Å². The normalized spacial score (nSPS) is 10.2. The fraction of sp³-hybridized carbons (Fsp3) is 0.0833. The second-order valence-electron chi connectivity index (χ2n) is 3.84. The summed E-state index contributed by atoms with van der Waals surface area (Å²) in [5.41, 5.74) is 1.03. The van der Waals surface area contributed by atoms with Crippen LogP contribution in [0.3, 0.4) is 0 Å².